The largest absolute Gasteiger partial charge is 0.506 e. The van der Waals surface area contributed by atoms with E-state index in [-0.39, 0.29) is 5.75 Å². The first-order valence-electron chi connectivity index (χ1n) is 11.2. The second kappa shape index (κ2) is 9.14. The Morgan fingerprint density at radius 3 is 2.64 bits per heavy atom. The van der Waals surface area contributed by atoms with Crippen LogP contribution in [-0.4, -0.2) is 65.9 Å². The lowest BCUT2D eigenvalue weighted by Gasteiger charge is -2.32. The number of phenols is 1. The van der Waals surface area contributed by atoms with Crippen LogP contribution in [0.2, 0.25) is 5.02 Å². The summed E-state index contributed by atoms with van der Waals surface area (Å²) in [5.74, 6) is 1.59. The molecule has 0 amide bonds. The summed E-state index contributed by atoms with van der Waals surface area (Å²) in [6.45, 7) is 7.74. The number of nitrogens with zero attached hydrogens (tertiary/aromatic N) is 3. The molecule has 4 aromatic rings. The first-order chi connectivity index (χ1) is 16.0. The van der Waals surface area contributed by atoms with Gasteiger partial charge in [-0.3, -0.25) is 4.90 Å². The van der Waals surface area contributed by atoms with Crippen LogP contribution in [0.15, 0.2) is 59.2 Å². The molecule has 6 nitrogen and oxygen atoms in total. The first kappa shape index (κ1) is 21.9. The van der Waals surface area contributed by atoms with E-state index < -0.39 is 0 Å². The van der Waals surface area contributed by atoms with Gasteiger partial charge >= 0.3 is 0 Å². The van der Waals surface area contributed by atoms with Crippen LogP contribution < -0.4 is 4.74 Å². The molecule has 0 radical (unpaired) electrons. The Hall–Kier alpha value is -2.93. The van der Waals surface area contributed by atoms with Gasteiger partial charge in [0.05, 0.1) is 28.2 Å². The normalized spacial score (nSPS) is 15.4. The Bertz CT molecular complexity index is 1260. The number of hydrogen-bond acceptors (Lipinski definition) is 5. The Morgan fingerprint density at radius 1 is 1.06 bits per heavy atom. The number of hydrogen-bond donors (Lipinski definition) is 1. The summed E-state index contributed by atoms with van der Waals surface area (Å²) in [5, 5.41) is 12.2. The molecule has 0 spiro atoms. The standard InChI is InChI=1S/C26H28ClN3O3/c1-18-20(8-9-24(25(18)27)33-16-14-29-12-10-28(2)11-13-29)30-21(23-7-4-15-32-23)17-19-5-3-6-22(31)26(19)30/h3-9,15,17,31H,10-14,16H2,1-2H3. The van der Waals surface area contributed by atoms with Crippen LogP contribution in [0, 0.1) is 6.92 Å². The highest BCUT2D eigenvalue weighted by Gasteiger charge is 2.20. The average Bonchev–Trinajstić information content (AvgIpc) is 3.47. The molecule has 1 aliphatic heterocycles. The summed E-state index contributed by atoms with van der Waals surface area (Å²) in [5.41, 5.74) is 3.31. The Labute approximate surface area is 198 Å². The highest BCUT2D eigenvalue weighted by molar-refractivity contribution is 6.33. The fourth-order valence-corrected chi connectivity index (χ4v) is 4.67. The van der Waals surface area contributed by atoms with Gasteiger partial charge in [-0.15, -0.1) is 0 Å². The average molecular weight is 466 g/mol. The van der Waals surface area contributed by atoms with Crippen molar-refractivity contribution < 1.29 is 14.3 Å². The molecule has 1 fully saturated rings. The third kappa shape index (κ3) is 4.22. The van der Waals surface area contributed by atoms with E-state index in [1.165, 1.54) is 0 Å². The van der Waals surface area contributed by atoms with E-state index in [9.17, 15) is 5.11 Å². The van der Waals surface area contributed by atoms with E-state index in [0.29, 0.717) is 28.7 Å². The van der Waals surface area contributed by atoms with Crippen LogP contribution in [-0.2, 0) is 0 Å². The minimum atomic E-state index is 0.202. The Kier molecular flexibility index (Phi) is 6.06. The molecule has 5 rings (SSSR count). The zero-order chi connectivity index (χ0) is 22.9. The number of piperazine rings is 1. The number of benzene rings is 2. The number of rotatable bonds is 6. The Morgan fingerprint density at radius 2 is 1.88 bits per heavy atom. The number of phenolic OH excluding ortho intramolecular Hbond substituents is 1. The van der Waals surface area contributed by atoms with E-state index in [4.69, 9.17) is 20.8 Å². The highest BCUT2D eigenvalue weighted by Crippen LogP contribution is 2.40. The maximum absolute atomic E-state index is 10.7. The molecule has 2 aromatic heterocycles. The lowest BCUT2D eigenvalue weighted by molar-refractivity contribution is 0.134. The zero-order valence-electron chi connectivity index (χ0n) is 18.9. The molecule has 2 aromatic carbocycles. The lowest BCUT2D eigenvalue weighted by Crippen LogP contribution is -2.45. The summed E-state index contributed by atoms with van der Waals surface area (Å²) in [4.78, 5) is 4.76. The third-order valence-electron chi connectivity index (χ3n) is 6.40. The molecule has 0 bridgehead atoms. The van der Waals surface area contributed by atoms with Crippen molar-refractivity contribution in [2.24, 2.45) is 0 Å². The first-order valence-corrected chi connectivity index (χ1v) is 11.6. The molecule has 172 valence electrons. The molecule has 1 saturated heterocycles. The SMILES string of the molecule is Cc1c(-n2c(-c3ccco3)cc3cccc(O)c32)ccc(OCCN2CCN(C)CC2)c1Cl. The van der Waals surface area contributed by atoms with Crippen molar-refractivity contribution in [2.45, 2.75) is 6.92 Å². The van der Waals surface area contributed by atoms with E-state index >= 15 is 0 Å². The molecular weight excluding hydrogens is 438 g/mol. The van der Waals surface area contributed by atoms with E-state index in [1.807, 2.05) is 54.0 Å². The van der Waals surface area contributed by atoms with Gasteiger partial charge in [-0.1, -0.05) is 23.7 Å². The van der Waals surface area contributed by atoms with E-state index in [2.05, 4.69) is 16.8 Å². The molecule has 1 N–H and O–H groups in total. The molecule has 0 unspecified atom stereocenters. The quantitative estimate of drug-likeness (QED) is 0.425. The summed E-state index contributed by atoms with van der Waals surface area (Å²) >= 11 is 6.78. The van der Waals surface area contributed by atoms with Crippen molar-refractivity contribution in [1.29, 1.82) is 0 Å². The number of likely N-dealkylation sites (N-methyl/N-ethyl adjacent to an activating group) is 1. The van der Waals surface area contributed by atoms with Crippen LogP contribution in [0.5, 0.6) is 11.5 Å². The summed E-state index contributed by atoms with van der Waals surface area (Å²) in [6.07, 6.45) is 1.65. The van der Waals surface area contributed by atoms with Crippen molar-refractivity contribution in [3.8, 4) is 28.6 Å². The van der Waals surface area contributed by atoms with Gasteiger partial charge in [-0.05, 0) is 55.9 Å². The number of aromatic nitrogens is 1. The number of para-hydroxylation sites is 1. The number of furan rings is 1. The van der Waals surface area contributed by atoms with Gasteiger partial charge in [0, 0.05) is 38.1 Å². The highest BCUT2D eigenvalue weighted by atomic mass is 35.5. The molecule has 0 atom stereocenters. The molecule has 7 heteroatoms. The summed E-state index contributed by atoms with van der Waals surface area (Å²) in [7, 11) is 2.16. The molecule has 33 heavy (non-hydrogen) atoms. The molecule has 0 saturated carbocycles. The topological polar surface area (TPSA) is 54.0 Å². The third-order valence-corrected chi connectivity index (χ3v) is 6.87. The molecule has 0 aliphatic carbocycles. The monoisotopic (exact) mass is 465 g/mol. The smallest absolute Gasteiger partial charge is 0.150 e. The van der Waals surface area contributed by atoms with Gasteiger partial charge in [0.1, 0.15) is 18.1 Å². The van der Waals surface area contributed by atoms with Crippen molar-refractivity contribution >= 4 is 22.5 Å². The minimum Gasteiger partial charge on any atom is -0.506 e. The van der Waals surface area contributed by atoms with Crippen LogP contribution in [0.25, 0.3) is 28.0 Å². The lowest BCUT2D eigenvalue weighted by atomic mass is 10.1. The van der Waals surface area contributed by atoms with Crippen molar-refractivity contribution in [1.82, 2.24) is 14.4 Å². The fraction of sp³-hybridized carbons (Fsp3) is 0.308. The number of halogens is 1. The minimum absolute atomic E-state index is 0.202. The number of aromatic hydroxyl groups is 1. The van der Waals surface area contributed by atoms with Crippen LogP contribution >= 0.6 is 11.6 Å². The fourth-order valence-electron chi connectivity index (χ4n) is 4.46. The molecule has 1 aliphatic rings. The second-order valence-electron chi connectivity index (χ2n) is 8.57. The maximum Gasteiger partial charge on any atom is 0.150 e. The van der Waals surface area contributed by atoms with Crippen LogP contribution in [0.3, 0.4) is 0 Å². The summed E-state index contributed by atoms with van der Waals surface area (Å²) in [6, 6.07) is 15.2. The number of ether oxygens (including phenoxy) is 1. The number of fused-ring (bicyclic) bond motifs is 1. The van der Waals surface area contributed by atoms with Crippen LogP contribution in [0.1, 0.15) is 5.56 Å². The molecule has 3 heterocycles. The predicted molar refractivity (Wildman–Crippen MR) is 132 cm³/mol. The van der Waals surface area contributed by atoms with Gasteiger partial charge in [-0.25, -0.2) is 0 Å². The van der Waals surface area contributed by atoms with Gasteiger partial charge in [0.2, 0.25) is 0 Å². The van der Waals surface area contributed by atoms with E-state index in [1.54, 1.807) is 12.3 Å². The van der Waals surface area contributed by atoms with Gasteiger partial charge in [-0.2, -0.15) is 0 Å². The molecular formula is C26H28ClN3O3. The van der Waals surface area contributed by atoms with Crippen LogP contribution in [0.4, 0.5) is 0 Å². The Balaban J connectivity index is 1.46. The van der Waals surface area contributed by atoms with Gasteiger partial charge in [0.15, 0.2) is 5.76 Å². The second-order valence-corrected chi connectivity index (χ2v) is 8.95. The van der Waals surface area contributed by atoms with Gasteiger partial charge < -0.3 is 23.7 Å². The van der Waals surface area contributed by atoms with Crippen molar-refractivity contribution in [3.63, 3.8) is 0 Å². The van der Waals surface area contributed by atoms with Crippen molar-refractivity contribution in [2.75, 3.05) is 46.4 Å². The zero-order valence-corrected chi connectivity index (χ0v) is 19.7. The van der Waals surface area contributed by atoms with Gasteiger partial charge in [0.25, 0.3) is 0 Å². The predicted octanol–water partition coefficient (Wildman–Crippen LogP) is 5.18. The van der Waals surface area contributed by atoms with Crippen molar-refractivity contribution in [3.05, 3.63) is 65.4 Å². The maximum atomic E-state index is 10.7. The summed E-state index contributed by atoms with van der Waals surface area (Å²) < 4.78 is 13.8. The van der Waals surface area contributed by atoms with E-state index in [0.717, 1.165) is 55.1 Å².